The SMILES string of the molecule is CN=C(NCc1ncc(C)s1)NCC(C)(C)OC. The molecule has 1 rings (SSSR count). The number of hydrogen-bond donors (Lipinski definition) is 2. The van der Waals surface area contributed by atoms with Gasteiger partial charge in [0.2, 0.25) is 0 Å². The number of aromatic nitrogens is 1. The van der Waals surface area contributed by atoms with Crippen molar-refractivity contribution in [2.24, 2.45) is 4.99 Å². The van der Waals surface area contributed by atoms with E-state index in [1.165, 1.54) is 4.88 Å². The summed E-state index contributed by atoms with van der Waals surface area (Å²) in [6.45, 7) is 7.48. The van der Waals surface area contributed by atoms with Gasteiger partial charge in [0.25, 0.3) is 0 Å². The lowest BCUT2D eigenvalue weighted by molar-refractivity contribution is 0.0268. The lowest BCUT2D eigenvalue weighted by atomic mass is 10.1. The number of guanidine groups is 1. The molecule has 102 valence electrons. The van der Waals surface area contributed by atoms with Crippen molar-refractivity contribution < 1.29 is 4.74 Å². The topological polar surface area (TPSA) is 58.5 Å². The number of rotatable bonds is 5. The van der Waals surface area contributed by atoms with Crippen LogP contribution in [0, 0.1) is 6.92 Å². The van der Waals surface area contributed by atoms with Crippen LogP contribution in [0.15, 0.2) is 11.2 Å². The second-order valence-electron chi connectivity index (χ2n) is 4.61. The second-order valence-corrected chi connectivity index (χ2v) is 5.93. The molecule has 0 aromatic carbocycles. The fraction of sp³-hybridized carbons (Fsp3) is 0.667. The summed E-state index contributed by atoms with van der Waals surface area (Å²) in [5.41, 5.74) is -0.213. The molecule has 6 heteroatoms. The quantitative estimate of drug-likeness (QED) is 0.629. The third-order valence-corrected chi connectivity index (χ3v) is 3.45. The average Bonchev–Trinajstić information content (AvgIpc) is 2.75. The monoisotopic (exact) mass is 270 g/mol. The Labute approximate surface area is 113 Å². The first kappa shape index (κ1) is 14.9. The van der Waals surface area contributed by atoms with Crippen molar-refractivity contribution in [3.05, 3.63) is 16.1 Å². The van der Waals surface area contributed by atoms with Crippen LogP contribution < -0.4 is 10.6 Å². The smallest absolute Gasteiger partial charge is 0.191 e. The van der Waals surface area contributed by atoms with E-state index >= 15 is 0 Å². The summed E-state index contributed by atoms with van der Waals surface area (Å²) in [5.74, 6) is 0.757. The summed E-state index contributed by atoms with van der Waals surface area (Å²) in [6.07, 6.45) is 1.88. The number of nitrogens with one attached hydrogen (secondary N) is 2. The standard InChI is InChI=1S/C12H22N4OS/c1-9-6-14-10(18-9)7-15-11(13-4)16-8-12(2,3)17-5/h6H,7-8H2,1-5H3,(H2,13,15,16). The van der Waals surface area contributed by atoms with Gasteiger partial charge in [-0.05, 0) is 20.8 Å². The maximum Gasteiger partial charge on any atom is 0.191 e. The molecule has 2 N–H and O–H groups in total. The predicted molar refractivity (Wildman–Crippen MR) is 76.1 cm³/mol. The Morgan fingerprint density at radius 1 is 1.50 bits per heavy atom. The summed E-state index contributed by atoms with van der Waals surface area (Å²) in [6, 6.07) is 0. The van der Waals surface area contributed by atoms with Crippen molar-refractivity contribution >= 4 is 17.3 Å². The Bertz CT molecular complexity index is 401. The van der Waals surface area contributed by atoms with Crippen LogP contribution in [0.25, 0.3) is 0 Å². The molecule has 1 aromatic heterocycles. The van der Waals surface area contributed by atoms with E-state index in [1.807, 2.05) is 20.0 Å². The van der Waals surface area contributed by atoms with Crippen molar-refractivity contribution in [1.29, 1.82) is 0 Å². The number of thiazole rings is 1. The highest BCUT2D eigenvalue weighted by Crippen LogP contribution is 2.10. The van der Waals surface area contributed by atoms with Crippen molar-refractivity contribution in [3.8, 4) is 0 Å². The van der Waals surface area contributed by atoms with Crippen molar-refractivity contribution in [1.82, 2.24) is 15.6 Å². The zero-order valence-electron chi connectivity index (χ0n) is 11.7. The molecule has 0 amide bonds. The van der Waals surface area contributed by atoms with Gasteiger partial charge < -0.3 is 15.4 Å². The first-order chi connectivity index (χ1) is 8.46. The minimum Gasteiger partial charge on any atom is -0.377 e. The van der Waals surface area contributed by atoms with Crippen LogP contribution in [0.5, 0.6) is 0 Å². The molecule has 1 heterocycles. The van der Waals surface area contributed by atoms with Gasteiger partial charge in [-0.2, -0.15) is 0 Å². The predicted octanol–water partition coefficient (Wildman–Crippen LogP) is 1.54. The lowest BCUT2D eigenvalue weighted by Gasteiger charge is -2.24. The molecule has 0 bridgehead atoms. The average molecular weight is 270 g/mol. The molecule has 0 aliphatic carbocycles. The van der Waals surface area contributed by atoms with Crippen LogP contribution in [0.1, 0.15) is 23.7 Å². The number of ether oxygens (including phenoxy) is 1. The Hall–Kier alpha value is -1.14. The first-order valence-corrected chi connectivity index (χ1v) is 6.69. The highest BCUT2D eigenvalue weighted by Gasteiger charge is 2.16. The van der Waals surface area contributed by atoms with E-state index < -0.39 is 0 Å². The minimum atomic E-state index is -0.213. The maximum atomic E-state index is 5.34. The highest BCUT2D eigenvalue weighted by molar-refractivity contribution is 7.11. The van der Waals surface area contributed by atoms with Gasteiger partial charge >= 0.3 is 0 Å². The highest BCUT2D eigenvalue weighted by atomic mass is 32.1. The number of hydrogen-bond acceptors (Lipinski definition) is 4. The summed E-state index contributed by atoms with van der Waals surface area (Å²) < 4.78 is 5.34. The normalized spacial score (nSPS) is 12.6. The molecular weight excluding hydrogens is 248 g/mol. The van der Waals surface area contributed by atoms with Crippen molar-refractivity contribution in [2.45, 2.75) is 32.9 Å². The van der Waals surface area contributed by atoms with Crippen LogP contribution >= 0.6 is 11.3 Å². The molecule has 0 radical (unpaired) electrons. The molecule has 0 spiro atoms. The minimum absolute atomic E-state index is 0.213. The Morgan fingerprint density at radius 3 is 2.72 bits per heavy atom. The maximum absolute atomic E-state index is 5.34. The third-order valence-electron chi connectivity index (χ3n) is 2.53. The number of aryl methyl sites for hydroxylation is 1. The van der Waals surface area contributed by atoms with Crippen LogP contribution in [-0.4, -0.2) is 37.2 Å². The summed E-state index contributed by atoms with van der Waals surface area (Å²) in [4.78, 5) is 9.68. The molecule has 0 aliphatic heterocycles. The molecule has 5 nitrogen and oxygen atoms in total. The molecule has 0 fully saturated rings. The van der Waals surface area contributed by atoms with Gasteiger partial charge in [0.15, 0.2) is 5.96 Å². The zero-order valence-corrected chi connectivity index (χ0v) is 12.5. The second kappa shape index (κ2) is 6.70. The van der Waals surface area contributed by atoms with Crippen LogP contribution in [0.2, 0.25) is 0 Å². The molecule has 0 atom stereocenters. The van der Waals surface area contributed by atoms with E-state index in [-0.39, 0.29) is 5.60 Å². The molecular formula is C12H22N4OS. The fourth-order valence-corrected chi connectivity index (χ4v) is 1.96. The molecule has 0 unspecified atom stereocenters. The lowest BCUT2D eigenvalue weighted by Crippen LogP contribution is -2.45. The van der Waals surface area contributed by atoms with E-state index in [4.69, 9.17) is 4.74 Å². The largest absolute Gasteiger partial charge is 0.377 e. The molecule has 0 saturated heterocycles. The molecule has 18 heavy (non-hydrogen) atoms. The Kier molecular flexibility index (Phi) is 5.55. The van der Waals surface area contributed by atoms with Crippen molar-refractivity contribution in [2.75, 3.05) is 20.7 Å². The van der Waals surface area contributed by atoms with Gasteiger partial charge in [0.1, 0.15) is 5.01 Å². The van der Waals surface area contributed by atoms with Crippen LogP contribution in [0.3, 0.4) is 0 Å². The summed E-state index contributed by atoms with van der Waals surface area (Å²) >= 11 is 1.69. The van der Waals surface area contributed by atoms with Gasteiger partial charge in [-0.25, -0.2) is 4.98 Å². The van der Waals surface area contributed by atoms with Gasteiger partial charge in [-0.15, -0.1) is 11.3 Å². The van der Waals surface area contributed by atoms with Crippen molar-refractivity contribution in [3.63, 3.8) is 0 Å². The van der Waals surface area contributed by atoms with Gasteiger partial charge in [0.05, 0.1) is 12.1 Å². The van der Waals surface area contributed by atoms with Crippen LogP contribution in [0.4, 0.5) is 0 Å². The van der Waals surface area contributed by atoms with E-state index in [0.717, 1.165) is 11.0 Å². The molecule has 0 aliphatic rings. The van der Waals surface area contributed by atoms with Gasteiger partial charge in [0, 0.05) is 31.8 Å². The van der Waals surface area contributed by atoms with E-state index in [1.54, 1.807) is 25.5 Å². The molecule has 0 saturated carbocycles. The number of aliphatic imine (C=N–C) groups is 1. The summed E-state index contributed by atoms with van der Waals surface area (Å²) in [5, 5.41) is 7.51. The third kappa shape index (κ3) is 5.01. The van der Waals surface area contributed by atoms with E-state index in [0.29, 0.717) is 13.1 Å². The summed E-state index contributed by atoms with van der Waals surface area (Å²) in [7, 11) is 3.46. The fourth-order valence-electron chi connectivity index (χ4n) is 1.23. The van der Waals surface area contributed by atoms with E-state index in [9.17, 15) is 0 Å². The van der Waals surface area contributed by atoms with Crippen LogP contribution in [-0.2, 0) is 11.3 Å². The molecule has 1 aromatic rings. The van der Waals surface area contributed by atoms with Gasteiger partial charge in [-0.1, -0.05) is 0 Å². The van der Waals surface area contributed by atoms with Gasteiger partial charge in [-0.3, -0.25) is 4.99 Å². The zero-order chi connectivity index (χ0) is 13.6. The number of methoxy groups -OCH3 is 1. The first-order valence-electron chi connectivity index (χ1n) is 5.88. The van der Waals surface area contributed by atoms with E-state index in [2.05, 4.69) is 27.5 Å². The Balaban J connectivity index is 2.39. The Morgan fingerprint density at radius 2 is 2.22 bits per heavy atom. The number of nitrogens with zero attached hydrogens (tertiary/aromatic N) is 2.